The van der Waals surface area contributed by atoms with Crippen LogP contribution in [0.3, 0.4) is 0 Å². The summed E-state index contributed by atoms with van der Waals surface area (Å²) < 4.78 is 20.9. The Morgan fingerprint density at radius 1 is 1.35 bits per heavy atom. The molecule has 3 rings (SSSR count). The maximum Gasteiger partial charge on any atom is 0.321 e. The molecule has 1 saturated heterocycles. The predicted molar refractivity (Wildman–Crippen MR) is 96.9 cm³/mol. The van der Waals surface area contributed by atoms with E-state index in [9.17, 15) is 9.18 Å². The lowest BCUT2D eigenvalue weighted by molar-refractivity contribution is 0.110. The molecule has 7 nitrogen and oxygen atoms in total. The van der Waals surface area contributed by atoms with Crippen LogP contribution in [0.25, 0.3) is 0 Å². The molecule has 0 aliphatic carbocycles. The fraction of sp³-hybridized carbons (Fsp3) is 0.444. The number of imidazole rings is 1. The highest BCUT2D eigenvalue weighted by Crippen LogP contribution is 2.27. The van der Waals surface area contributed by atoms with Gasteiger partial charge in [-0.2, -0.15) is 0 Å². The Labute approximate surface area is 152 Å². The van der Waals surface area contributed by atoms with Gasteiger partial charge in [-0.25, -0.2) is 14.2 Å². The summed E-state index contributed by atoms with van der Waals surface area (Å²) in [6.45, 7) is 3.66. The first kappa shape index (κ1) is 18.2. The standard InChI is InChI=1S/C18H24FN5O2/c1-12-9-16(26-4)13(19)10-14(12)21-18(25)24-8-7-22(2)15(11-24)17-20-5-6-23(17)3/h5-6,9-10,15H,7-8,11H2,1-4H3,(H,21,25)/t15-/m1/s1. The van der Waals surface area contributed by atoms with Crippen LogP contribution in [0.2, 0.25) is 0 Å². The van der Waals surface area contributed by atoms with Crippen molar-refractivity contribution in [1.29, 1.82) is 0 Å². The van der Waals surface area contributed by atoms with Gasteiger partial charge in [-0.15, -0.1) is 0 Å². The zero-order chi connectivity index (χ0) is 18.8. The number of likely N-dealkylation sites (N-methyl/N-ethyl adjacent to an activating group) is 1. The van der Waals surface area contributed by atoms with Gasteiger partial charge in [-0.1, -0.05) is 0 Å². The number of amides is 2. The maximum absolute atomic E-state index is 14.0. The number of hydrogen-bond donors (Lipinski definition) is 1. The number of nitrogens with zero attached hydrogens (tertiary/aromatic N) is 4. The molecular weight excluding hydrogens is 337 g/mol. The van der Waals surface area contributed by atoms with E-state index in [4.69, 9.17) is 4.74 Å². The summed E-state index contributed by atoms with van der Waals surface area (Å²) >= 11 is 0. The van der Waals surface area contributed by atoms with Crippen LogP contribution in [0, 0.1) is 12.7 Å². The van der Waals surface area contributed by atoms with Gasteiger partial charge in [0, 0.05) is 50.8 Å². The number of ether oxygens (including phenoxy) is 1. The third-order valence-electron chi connectivity index (χ3n) is 4.83. The van der Waals surface area contributed by atoms with Crippen molar-refractivity contribution in [3.63, 3.8) is 0 Å². The molecule has 26 heavy (non-hydrogen) atoms. The SMILES string of the molecule is COc1cc(C)c(NC(=O)N2CCN(C)[C@@H](c3nccn3C)C2)cc1F. The van der Waals surface area contributed by atoms with Crippen LogP contribution in [0.15, 0.2) is 24.5 Å². The monoisotopic (exact) mass is 361 g/mol. The summed E-state index contributed by atoms with van der Waals surface area (Å²) in [5, 5.41) is 2.81. The molecule has 1 atom stereocenters. The molecule has 0 unspecified atom stereocenters. The Morgan fingerprint density at radius 2 is 2.12 bits per heavy atom. The van der Waals surface area contributed by atoms with Gasteiger partial charge in [0.15, 0.2) is 11.6 Å². The Morgan fingerprint density at radius 3 is 2.77 bits per heavy atom. The molecule has 0 bridgehead atoms. The maximum atomic E-state index is 14.0. The third-order valence-corrected chi connectivity index (χ3v) is 4.83. The van der Waals surface area contributed by atoms with E-state index in [1.807, 2.05) is 24.9 Å². The molecule has 0 spiro atoms. The number of nitrogens with one attached hydrogen (secondary N) is 1. The predicted octanol–water partition coefficient (Wildman–Crippen LogP) is 2.40. The van der Waals surface area contributed by atoms with Gasteiger partial charge in [-0.05, 0) is 25.6 Å². The number of carbonyl (C=O) groups is 1. The average Bonchev–Trinajstić information content (AvgIpc) is 3.04. The van der Waals surface area contributed by atoms with Crippen molar-refractivity contribution in [2.75, 3.05) is 39.1 Å². The van der Waals surface area contributed by atoms with E-state index in [0.29, 0.717) is 18.8 Å². The number of aryl methyl sites for hydroxylation is 2. The number of methoxy groups -OCH3 is 1. The Kier molecular flexibility index (Phi) is 5.13. The quantitative estimate of drug-likeness (QED) is 0.912. The molecule has 0 radical (unpaired) electrons. The van der Waals surface area contributed by atoms with Crippen LogP contribution in [0.4, 0.5) is 14.9 Å². The summed E-state index contributed by atoms with van der Waals surface area (Å²) in [6.07, 6.45) is 3.65. The number of hydrogen-bond acceptors (Lipinski definition) is 4. The van der Waals surface area contributed by atoms with Gasteiger partial charge >= 0.3 is 6.03 Å². The van der Waals surface area contributed by atoms with Crippen molar-refractivity contribution in [3.05, 3.63) is 41.7 Å². The summed E-state index contributed by atoms with van der Waals surface area (Å²) in [5.74, 6) is 0.573. The topological polar surface area (TPSA) is 62.6 Å². The fourth-order valence-electron chi connectivity index (χ4n) is 3.18. The second-order valence-electron chi connectivity index (χ2n) is 6.57. The summed E-state index contributed by atoms with van der Waals surface area (Å²) in [4.78, 5) is 21.0. The van der Waals surface area contributed by atoms with Crippen molar-refractivity contribution in [2.45, 2.75) is 13.0 Å². The molecule has 8 heteroatoms. The largest absolute Gasteiger partial charge is 0.494 e. The number of benzene rings is 1. The van der Waals surface area contributed by atoms with Gasteiger partial charge in [0.1, 0.15) is 5.82 Å². The second-order valence-corrected chi connectivity index (χ2v) is 6.57. The lowest BCUT2D eigenvalue weighted by Crippen LogP contribution is -2.50. The highest BCUT2D eigenvalue weighted by atomic mass is 19.1. The number of anilines is 1. The molecule has 2 heterocycles. The van der Waals surface area contributed by atoms with Crippen molar-refractivity contribution in [1.82, 2.24) is 19.4 Å². The van der Waals surface area contributed by atoms with Crippen molar-refractivity contribution in [3.8, 4) is 5.75 Å². The Balaban J connectivity index is 1.74. The molecule has 1 aromatic heterocycles. The molecule has 140 valence electrons. The van der Waals surface area contributed by atoms with E-state index in [1.165, 1.54) is 13.2 Å². The van der Waals surface area contributed by atoms with E-state index in [0.717, 1.165) is 17.9 Å². The van der Waals surface area contributed by atoms with E-state index >= 15 is 0 Å². The zero-order valence-corrected chi connectivity index (χ0v) is 15.5. The number of carbonyl (C=O) groups excluding carboxylic acids is 1. The highest BCUT2D eigenvalue weighted by molar-refractivity contribution is 5.90. The molecule has 1 N–H and O–H groups in total. The van der Waals surface area contributed by atoms with Gasteiger partial charge < -0.3 is 19.5 Å². The number of aromatic nitrogens is 2. The first-order chi connectivity index (χ1) is 12.4. The molecule has 0 saturated carbocycles. The minimum absolute atomic E-state index is 0.0169. The molecular formula is C18H24FN5O2. The van der Waals surface area contributed by atoms with Crippen molar-refractivity contribution in [2.24, 2.45) is 7.05 Å². The normalized spacial score (nSPS) is 18.0. The molecule has 1 aliphatic heterocycles. The summed E-state index contributed by atoms with van der Waals surface area (Å²) in [6, 6.07) is 2.64. The highest BCUT2D eigenvalue weighted by Gasteiger charge is 2.31. The number of urea groups is 1. The smallest absolute Gasteiger partial charge is 0.321 e. The van der Waals surface area contributed by atoms with Crippen molar-refractivity contribution < 1.29 is 13.9 Å². The van der Waals surface area contributed by atoms with Crippen LogP contribution in [0.5, 0.6) is 5.75 Å². The fourth-order valence-corrected chi connectivity index (χ4v) is 3.18. The number of halogens is 1. The van der Waals surface area contributed by atoms with E-state index in [1.54, 1.807) is 24.1 Å². The zero-order valence-electron chi connectivity index (χ0n) is 15.5. The van der Waals surface area contributed by atoms with Crippen LogP contribution in [-0.4, -0.2) is 59.2 Å². The minimum Gasteiger partial charge on any atom is -0.494 e. The van der Waals surface area contributed by atoms with Crippen LogP contribution < -0.4 is 10.1 Å². The van der Waals surface area contributed by atoms with Gasteiger partial charge in [0.25, 0.3) is 0 Å². The van der Waals surface area contributed by atoms with E-state index in [2.05, 4.69) is 15.2 Å². The summed E-state index contributed by atoms with van der Waals surface area (Å²) in [7, 11) is 5.38. The molecule has 1 aromatic carbocycles. The Bertz CT molecular complexity index is 807. The molecule has 1 aliphatic rings. The van der Waals surface area contributed by atoms with Gasteiger partial charge in [0.05, 0.1) is 13.2 Å². The van der Waals surface area contributed by atoms with Crippen LogP contribution in [0.1, 0.15) is 17.4 Å². The lowest BCUT2D eigenvalue weighted by atomic mass is 10.1. The average molecular weight is 361 g/mol. The molecule has 1 fully saturated rings. The van der Waals surface area contributed by atoms with E-state index < -0.39 is 5.82 Å². The first-order valence-corrected chi connectivity index (χ1v) is 8.48. The summed E-state index contributed by atoms with van der Waals surface area (Å²) in [5.41, 5.74) is 1.19. The lowest BCUT2D eigenvalue weighted by Gasteiger charge is -2.39. The van der Waals surface area contributed by atoms with Gasteiger partial charge in [-0.3, -0.25) is 4.90 Å². The van der Waals surface area contributed by atoms with Gasteiger partial charge in [0.2, 0.25) is 0 Å². The molecule has 2 amide bonds. The second kappa shape index (κ2) is 7.33. The minimum atomic E-state index is -0.502. The molecule has 2 aromatic rings. The third kappa shape index (κ3) is 3.50. The first-order valence-electron chi connectivity index (χ1n) is 8.48. The van der Waals surface area contributed by atoms with Crippen molar-refractivity contribution >= 4 is 11.7 Å². The van der Waals surface area contributed by atoms with Crippen LogP contribution >= 0.6 is 0 Å². The van der Waals surface area contributed by atoms with E-state index in [-0.39, 0.29) is 17.8 Å². The number of piperazine rings is 1. The number of rotatable bonds is 3. The van der Waals surface area contributed by atoms with Crippen LogP contribution in [-0.2, 0) is 7.05 Å². The Hall–Kier alpha value is -2.61.